The van der Waals surface area contributed by atoms with Crippen LogP contribution in [0.4, 0.5) is 0 Å². The molecular formula is C6H12O10P2. The van der Waals surface area contributed by atoms with Gasteiger partial charge in [-0.2, -0.15) is 0 Å². The van der Waals surface area contributed by atoms with Crippen molar-refractivity contribution in [2.24, 2.45) is 5.92 Å². The average molecular weight is 306 g/mol. The summed E-state index contributed by atoms with van der Waals surface area (Å²) in [7, 11) is -11.2. The van der Waals surface area contributed by atoms with E-state index in [0.717, 1.165) is 0 Å². The molecule has 0 saturated heterocycles. The Morgan fingerprint density at radius 2 is 1.39 bits per heavy atom. The summed E-state index contributed by atoms with van der Waals surface area (Å²) in [5, 5.41) is 17.2. The zero-order chi connectivity index (χ0) is 14.9. The number of aliphatic carboxylic acids is 2. The number of rotatable bonds is 6. The average Bonchev–Trinajstić information content (AvgIpc) is 2.08. The van der Waals surface area contributed by atoms with E-state index < -0.39 is 44.4 Å². The number of carboxylic acids is 2. The summed E-state index contributed by atoms with van der Waals surface area (Å²) in [6.07, 6.45) is -1.33. The minimum atomic E-state index is -5.58. The van der Waals surface area contributed by atoms with Crippen LogP contribution in [0.25, 0.3) is 0 Å². The fourth-order valence-corrected chi connectivity index (χ4v) is 3.84. The third kappa shape index (κ3) is 3.17. The van der Waals surface area contributed by atoms with Gasteiger partial charge in [-0.3, -0.25) is 18.7 Å². The number of carbonyl (C=O) groups is 2. The van der Waals surface area contributed by atoms with Crippen LogP contribution in [0.3, 0.4) is 0 Å². The van der Waals surface area contributed by atoms with Gasteiger partial charge in [0.2, 0.25) is 0 Å². The normalized spacial score (nSPS) is 15.2. The molecule has 1 atom stereocenters. The summed E-state index contributed by atoms with van der Waals surface area (Å²) in [6.45, 7) is 0.357. The van der Waals surface area contributed by atoms with Crippen molar-refractivity contribution >= 4 is 27.1 Å². The largest absolute Gasteiger partial charge is 0.481 e. The van der Waals surface area contributed by atoms with E-state index in [1.54, 1.807) is 0 Å². The molecule has 0 aliphatic rings. The van der Waals surface area contributed by atoms with E-state index in [1.807, 2.05) is 0 Å². The van der Waals surface area contributed by atoms with Gasteiger partial charge in [0.25, 0.3) is 0 Å². The Hall–Kier alpha value is -0.760. The third-order valence-corrected chi connectivity index (χ3v) is 7.06. The third-order valence-electron chi connectivity index (χ3n) is 2.52. The Balaban J connectivity index is 6.00. The Morgan fingerprint density at radius 1 is 1.06 bits per heavy atom. The predicted octanol–water partition coefficient (Wildman–Crippen LogP) is -0.767. The molecule has 0 aromatic rings. The van der Waals surface area contributed by atoms with Crippen LogP contribution >= 0.6 is 15.2 Å². The van der Waals surface area contributed by atoms with E-state index in [4.69, 9.17) is 29.8 Å². The first kappa shape index (κ1) is 17.2. The maximum Gasteiger partial charge on any atom is 0.344 e. The lowest BCUT2D eigenvalue weighted by molar-refractivity contribution is -0.149. The van der Waals surface area contributed by atoms with E-state index in [2.05, 4.69) is 0 Å². The maximum atomic E-state index is 11.2. The highest BCUT2D eigenvalue weighted by Crippen LogP contribution is 2.72. The zero-order valence-corrected chi connectivity index (χ0v) is 10.8. The van der Waals surface area contributed by atoms with E-state index in [-0.39, 0.29) is 0 Å². The highest BCUT2D eigenvalue weighted by atomic mass is 31.2. The Kier molecular flexibility index (Phi) is 4.87. The molecule has 0 saturated carbocycles. The monoisotopic (exact) mass is 306 g/mol. The lowest BCUT2D eigenvalue weighted by Gasteiger charge is -2.34. The second-order valence-electron chi connectivity index (χ2n) is 3.67. The van der Waals surface area contributed by atoms with Crippen LogP contribution in [0.5, 0.6) is 0 Å². The predicted molar refractivity (Wildman–Crippen MR) is 55.9 cm³/mol. The van der Waals surface area contributed by atoms with E-state index in [0.29, 0.717) is 6.92 Å². The van der Waals surface area contributed by atoms with Crippen LogP contribution in [0.2, 0.25) is 0 Å². The van der Waals surface area contributed by atoms with Gasteiger partial charge in [0.05, 0.1) is 12.3 Å². The van der Waals surface area contributed by atoms with Crippen molar-refractivity contribution in [1.29, 1.82) is 0 Å². The van der Waals surface area contributed by atoms with Crippen molar-refractivity contribution in [3.05, 3.63) is 0 Å². The molecule has 0 aromatic carbocycles. The van der Waals surface area contributed by atoms with Gasteiger partial charge in [0.1, 0.15) is 0 Å². The summed E-state index contributed by atoms with van der Waals surface area (Å²) in [4.78, 5) is 53.8. The van der Waals surface area contributed by atoms with Crippen molar-refractivity contribution < 1.29 is 48.5 Å². The number of hydrogen-bond acceptors (Lipinski definition) is 4. The summed E-state index contributed by atoms with van der Waals surface area (Å²) in [5.74, 6) is -6.21. The molecule has 18 heavy (non-hydrogen) atoms. The van der Waals surface area contributed by atoms with E-state index >= 15 is 0 Å². The first-order valence-corrected chi connectivity index (χ1v) is 7.53. The van der Waals surface area contributed by atoms with Crippen LogP contribution in [0.15, 0.2) is 0 Å². The molecule has 0 bridgehead atoms. The zero-order valence-electron chi connectivity index (χ0n) is 9.00. The van der Waals surface area contributed by atoms with Crippen LogP contribution in [-0.4, -0.2) is 46.6 Å². The second-order valence-corrected chi connectivity index (χ2v) is 8.06. The maximum absolute atomic E-state index is 11.2. The minimum Gasteiger partial charge on any atom is -0.481 e. The SMILES string of the molecule is CC(C(CC(=O)O)C(=O)O)(P(=O)(O)O)P(=O)(O)O. The van der Waals surface area contributed by atoms with Gasteiger partial charge >= 0.3 is 27.1 Å². The smallest absolute Gasteiger partial charge is 0.344 e. The first-order valence-electron chi connectivity index (χ1n) is 4.31. The molecule has 106 valence electrons. The van der Waals surface area contributed by atoms with Gasteiger partial charge in [-0.05, 0) is 6.92 Å². The molecule has 6 N–H and O–H groups in total. The van der Waals surface area contributed by atoms with Crippen LogP contribution in [-0.2, 0) is 18.7 Å². The number of hydrogen-bond donors (Lipinski definition) is 6. The molecule has 12 heteroatoms. The van der Waals surface area contributed by atoms with Crippen molar-refractivity contribution in [3.63, 3.8) is 0 Å². The molecule has 0 amide bonds. The van der Waals surface area contributed by atoms with E-state index in [9.17, 15) is 18.7 Å². The number of carboxylic acid groups (broad SMARTS) is 2. The van der Waals surface area contributed by atoms with Crippen molar-refractivity contribution in [2.75, 3.05) is 0 Å². The van der Waals surface area contributed by atoms with Crippen molar-refractivity contribution in [1.82, 2.24) is 0 Å². The summed E-state index contributed by atoms with van der Waals surface area (Å²) in [5.41, 5.74) is 0. The minimum absolute atomic E-state index is 0.357. The van der Waals surface area contributed by atoms with Crippen LogP contribution in [0, 0.1) is 5.92 Å². The van der Waals surface area contributed by atoms with Gasteiger partial charge in [0, 0.05) is 0 Å². The van der Waals surface area contributed by atoms with Crippen molar-refractivity contribution in [3.8, 4) is 0 Å². The highest BCUT2D eigenvalue weighted by molar-refractivity contribution is 7.72. The van der Waals surface area contributed by atoms with Gasteiger partial charge in [-0.15, -0.1) is 0 Å². The van der Waals surface area contributed by atoms with Gasteiger partial charge in [-0.25, -0.2) is 0 Å². The molecule has 0 heterocycles. The Morgan fingerprint density at radius 3 is 1.56 bits per heavy atom. The summed E-state index contributed by atoms with van der Waals surface area (Å²) >= 11 is 0. The van der Waals surface area contributed by atoms with Gasteiger partial charge in [-0.1, -0.05) is 0 Å². The lowest BCUT2D eigenvalue weighted by atomic mass is 10.0. The molecule has 0 radical (unpaired) electrons. The highest BCUT2D eigenvalue weighted by Gasteiger charge is 2.63. The summed E-state index contributed by atoms with van der Waals surface area (Å²) in [6, 6.07) is 0. The fraction of sp³-hybridized carbons (Fsp3) is 0.667. The van der Waals surface area contributed by atoms with Gasteiger partial charge in [0.15, 0.2) is 4.90 Å². The molecule has 0 aliphatic heterocycles. The molecule has 0 fully saturated rings. The second kappa shape index (κ2) is 5.08. The standard InChI is InChI=1S/C6H12O10P2/c1-6(17(11,12)13,18(14,15)16)3(5(9)10)2-4(7)8/h3H,2H2,1H3,(H,7,8)(H,9,10)(H2,11,12,13)(H2,14,15,16). The molecule has 10 nitrogen and oxygen atoms in total. The topological polar surface area (TPSA) is 190 Å². The van der Waals surface area contributed by atoms with E-state index in [1.165, 1.54) is 0 Å². The Labute approximate surface area is 101 Å². The fourth-order valence-electron chi connectivity index (χ4n) is 1.26. The molecule has 0 aromatic heterocycles. The van der Waals surface area contributed by atoms with Gasteiger partial charge < -0.3 is 29.8 Å². The lowest BCUT2D eigenvalue weighted by Crippen LogP contribution is -2.40. The van der Waals surface area contributed by atoms with Crippen molar-refractivity contribution in [2.45, 2.75) is 18.2 Å². The molecule has 0 rings (SSSR count). The molecular weight excluding hydrogens is 294 g/mol. The van der Waals surface area contributed by atoms with Crippen LogP contribution in [0.1, 0.15) is 13.3 Å². The van der Waals surface area contributed by atoms with Crippen LogP contribution < -0.4 is 0 Å². The molecule has 0 spiro atoms. The first-order chi connectivity index (χ1) is 7.75. The molecule has 1 unspecified atom stereocenters. The molecule has 0 aliphatic carbocycles. The Bertz CT molecular complexity index is 421. The quantitative estimate of drug-likeness (QED) is 0.340. The summed E-state index contributed by atoms with van der Waals surface area (Å²) < 4.78 is 22.3.